The minimum absolute atomic E-state index is 0.0638. The fourth-order valence-corrected chi connectivity index (χ4v) is 3.80. The summed E-state index contributed by atoms with van der Waals surface area (Å²) in [4.78, 5) is 12.3. The van der Waals surface area contributed by atoms with E-state index in [0.717, 1.165) is 30.6 Å². The largest absolute Gasteiger partial charge is 0.497 e. The number of methoxy groups -OCH3 is 2. The second-order valence-corrected chi connectivity index (χ2v) is 6.92. The molecule has 0 unspecified atom stereocenters. The lowest BCUT2D eigenvalue weighted by Crippen LogP contribution is -2.38. The molecule has 0 amide bonds. The molecule has 1 spiro atoms. The van der Waals surface area contributed by atoms with E-state index in [1.54, 1.807) is 7.11 Å². The number of benzene rings is 1. The molecule has 1 aliphatic heterocycles. The van der Waals surface area contributed by atoms with E-state index >= 15 is 0 Å². The van der Waals surface area contributed by atoms with Crippen LogP contribution in [0.3, 0.4) is 0 Å². The Morgan fingerprint density at radius 3 is 2.63 bits per heavy atom. The lowest BCUT2D eigenvalue weighted by Gasteiger charge is -2.36. The van der Waals surface area contributed by atoms with Crippen LogP contribution in [-0.2, 0) is 30.3 Å². The van der Waals surface area contributed by atoms with Crippen LogP contribution in [0.25, 0.3) is 0 Å². The van der Waals surface area contributed by atoms with Gasteiger partial charge in [-0.2, -0.15) is 0 Å². The average molecular weight is 376 g/mol. The summed E-state index contributed by atoms with van der Waals surface area (Å²) in [6.07, 6.45) is 5.30. The third-order valence-corrected chi connectivity index (χ3v) is 5.19. The van der Waals surface area contributed by atoms with Gasteiger partial charge in [-0.1, -0.05) is 12.1 Å². The van der Waals surface area contributed by atoms with Crippen LogP contribution in [0.5, 0.6) is 5.75 Å². The Balaban J connectivity index is 1.59. The molecule has 3 rings (SSSR count). The summed E-state index contributed by atoms with van der Waals surface area (Å²) in [5.41, 5.74) is 1.71. The third kappa shape index (κ3) is 5.09. The molecule has 0 bridgehead atoms. The SMILES string of the molecule is COC(=O)/C(=C/COCc1ccc(OC)cc1)[C@@H]1CCCC2(C1)OCCO2. The Kier molecular flexibility index (Phi) is 6.88. The van der Waals surface area contributed by atoms with Crippen molar-refractivity contribution < 1.29 is 28.5 Å². The Morgan fingerprint density at radius 1 is 1.22 bits per heavy atom. The standard InChI is InChI=1S/C21H28O6/c1-23-18-7-5-16(6-8-18)15-25-11-9-19(20(22)24-2)17-4-3-10-21(14-17)26-12-13-27-21/h5-9,17H,3-4,10-15H2,1-2H3/b19-9+/t17-/m1/s1. The lowest BCUT2D eigenvalue weighted by atomic mass is 9.80. The normalized spacial score (nSPS) is 22.0. The van der Waals surface area contributed by atoms with Gasteiger partial charge in [0, 0.05) is 18.4 Å². The first kappa shape index (κ1) is 19.9. The monoisotopic (exact) mass is 376 g/mol. The van der Waals surface area contributed by atoms with Gasteiger partial charge in [0.2, 0.25) is 0 Å². The van der Waals surface area contributed by atoms with Crippen molar-refractivity contribution >= 4 is 5.97 Å². The highest BCUT2D eigenvalue weighted by atomic mass is 16.7. The summed E-state index contributed by atoms with van der Waals surface area (Å²) >= 11 is 0. The highest BCUT2D eigenvalue weighted by Gasteiger charge is 2.43. The van der Waals surface area contributed by atoms with Crippen LogP contribution < -0.4 is 4.74 Å². The minimum Gasteiger partial charge on any atom is -0.497 e. The summed E-state index contributed by atoms with van der Waals surface area (Å²) in [5, 5.41) is 0. The minimum atomic E-state index is -0.528. The van der Waals surface area contributed by atoms with Crippen molar-refractivity contribution in [1.29, 1.82) is 0 Å². The molecule has 6 heteroatoms. The summed E-state index contributed by atoms with van der Waals surface area (Å²) in [6.45, 7) is 2.06. The van der Waals surface area contributed by atoms with Crippen molar-refractivity contribution in [1.82, 2.24) is 0 Å². The van der Waals surface area contributed by atoms with E-state index in [-0.39, 0.29) is 11.9 Å². The fourth-order valence-electron chi connectivity index (χ4n) is 3.80. The zero-order chi connectivity index (χ0) is 19.1. The van der Waals surface area contributed by atoms with Crippen molar-refractivity contribution in [2.45, 2.75) is 38.1 Å². The Hall–Kier alpha value is -1.89. The number of ether oxygens (including phenoxy) is 5. The molecule has 0 radical (unpaired) electrons. The van der Waals surface area contributed by atoms with Crippen molar-refractivity contribution in [3.63, 3.8) is 0 Å². The molecule has 0 N–H and O–H groups in total. The predicted octanol–water partition coefficient (Wildman–Crippen LogP) is 3.24. The fraction of sp³-hybridized carbons (Fsp3) is 0.571. The number of hydrogen-bond donors (Lipinski definition) is 0. The van der Waals surface area contributed by atoms with Gasteiger partial charge in [-0.25, -0.2) is 4.79 Å². The Morgan fingerprint density at radius 2 is 1.96 bits per heavy atom. The second kappa shape index (κ2) is 9.35. The topological polar surface area (TPSA) is 63.2 Å². The maximum atomic E-state index is 12.3. The Labute approximate surface area is 160 Å². The van der Waals surface area contributed by atoms with Crippen molar-refractivity contribution in [3.8, 4) is 5.75 Å². The first-order valence-corrected chi connectivity index (χ1v) is 9.43. The zero-order valence-corrected chi connectivity index (χ0v) is 16.1. The molecule has 1 atom stereocenters. The van der Waals surface area contributed by atoms with E-state index in [4.69, 9.17) is 23.7 Å². The van der Waals surface area contributed by atoms with E-state index in [9.17, 15) is 4.79 Å². The molecule has 1 saturated heterocycles. The van der Waals surface area contributed by atoms with E-state index < -0.39 is 5.79 Å². The lowest BCUT2D eigenvalue weighted by molar-refractivity contribution is -0.184. The van der Waals surface area contributed by atoms with Crippen molar-refractivity contribution in [3.05, 3.63) is 41.5 Å². The van der Waals surface area contributed by atoms with Gasteiger partial charge in [-0.3, -0.25) is 0 Å². The molecule has 1 aromatic carbocycles. The van der Waals surface area contributed by atoms with Crippen LogP contribution in [0.15, 0.2) is 35.9 Å². The maximum absolute atomic E-state index is 12.3. The molecule has 2 fully saturated rings. The van der Waals surface area contributed by atoms with Crippen LogP contribution in [0.4, 0.5) is 0 Å². The van der Waals surface area contributed by atoms with E-state index in [0.29, 0.717) is 38.4 Å². The molecule has 2 aliphatic rings. The maximum Gasteiger partial charge on any atom is 0.333 e. The molecule has 1 heterocycles. The molecule has 0 aromatic heterocycles. The Bertz CT molecular complexity index is 645. The summed E-state index contributed by atoms with van der Waals surface area (Å²) in [5.74, 6) is 0.0474. The predicted molar refractivity (Wildman–Crippen MR) is 99.3 cm³/mol. The van der Waals surface area contributed by atoms with Crippen molar-refractivity contribution in [2.24, 2.45) is 5.92 Å². The van der Waals surface area contributed by atoms with Crippen LogP contribution in [0.1, 0.15) is 31.2 Å². The van der Waals surface area contributed by atoms with Gasteiger partial charge >= 0.3 is 5.97 Å². The van der Waals surface area contributed by atoms with Gasteiger partial charge in [0.15, 0.2) is 5.79 Å². The molecule has 148 valence electrons. The highest BCUT2D eigenvalue weighted by Crippen LogP contribution is 2.41. The van der Waals surface area contributed by atoms with Gasteiger partial charge in [-0.05, 0) is 42.5 Å². The zero-order valence-electron chi connectivity index (χ0n) is 16.1. The van der Waals surface area contributed by atoms with Gasteiger partial charge in [0.25, 0.3) is 0 Å². The van der Waals surface area contributed by atoms with Crippen LogP contribution in [-0.4, -0.2) is 45.8 Å². The van der Waals surface area contributed by atoms with Gasteiger partial charge < -0.3 is 23.7 Å². The highest BCUT2D eigenvalue weighted by molar-refractivity contribution is 5.89. The molecule has 6 nitrogen and oxygen atoms in total. The number of carbonyl (C=O) groups is 1. The smallest absolute Gasteiger partial charge is 0.333 e. The average Bonchev–Trinajstić information content (AvgIpc) is 3.15. The molecule has 1 aliphatic carbocycles. The number of esters is 1. The van der Waals surface area contributed by atoms with Crippen LogP contribution in [0, 0.1) is 5.92 Å². The molecule has 1 saturated carbocycles. The van der Waals surface area contributed by atoms with E-state index in [1.165, 1.54) is 7.11 Å². The number of rotatable bonds is 7. The summed E-state index contributed by atoms with van der Waals surface area (Å²) < 4.78 is 27.6. The van der Waals surface area contributed by atoms with Gasteiger partial charge in [0.1, 0.15) is 5.75 Å². The molecule has 27 heavy (non-hydrogen) atoms. The number of carbonyl (C=O) groups excluding carboxylic acids is 1. The quantitative estimate of drug-likeness (QED) is 0.414. The van der Waals surface area contributed by atoms with E-state index in [2.05, 4.69) is 0 Å². The summed E-state index contributed by atoms with van der Waals surface area (Å²) in [7, 11) is 3.05. The molecule has 1 aromatic rings. The van der Waals surface area contributed by atoms with E-state index in [1.807, 2.05) is 30.3 Å². The third-order valence-electron chi connectivity index (χ3n) is 5.19. The number of hydrogen-bond acceptors (Lipinski definition) is 6. The van der Waals surface area contributed by atoms with Crippen molar-refractivity contribution in [2.75, 3.05) is 34.0 Å². The molecular weight excluding hydrogens is 348 g/mol. The van der Waals surface area contributed by atoms with Crippen LogP contribution in [0.2, 0.25) is 0 Å². The first-order valence-electron chi connectivity index (χ1n) is 9.43. The second-order valence-electron chi connectivity index (χ2n) is 6.92. The van der Waals surface area contributed by atoms with Gasteiger partial charge in [-0.15, -0.1) is 0 Å². The van der Waals surface area contributed by atoms with Gasteiger partial charge in [0.05, 0.1) is 40.6 Å². The first-order chi connectivity index (χ1) is 13.2. The molecular formula is C21H28O6. The van der Waals surface area contributed by atoms with Crippen LogP contribution >= 0.6 is 0 Å². The summed E-state index contributed by atoms with van der Waals surface area (Å²) in [6, 6.07) is 7.72.